The monoisotopic (exact) mass is 493 g/mol. The summed E-state index contributed by atoms with van der Waals surface area (Å²) in [5.74, 6) is 3.31. The van der Waals surface area contributed by atoms with Crippen LogP contribution < -0.4 is 14.2 Å². The first-order valence-corrected chi connectivity index (χ1v) is 12.8. The van der Waals surface area contributed by atoms with Crippen LogP contribution in [0.5, 0.6) is 17.2 Å². The average Bonchev–Trinajstić information content (AvgIpc) is 3.17. The Kier molecular flexibility index (Phi) is 8.54. The minimum atomic E-state index is -0.814. The number of ether oxygens (including phenoxy) is 3. The molecule has 194 valence electrons. The number of benzene rings is 2. The van der Waals surface area contributed by atoms with Gasteiger partial charge in [-0.2, -0.15) is 0 Å². The highest BCUT2D eigenvalue weighted by Gasteiger charge is 2.31. The van der Waals surface area contributed by atoms with Gasteiger partial charge >= 0.3 is 0 Å². The number of methoxy groups -OCH3 is 1. The third-order valence-electron chi connectivity index (χ3n) is 6.98. The van der Waals surface area contributed by atoms with Crippen molar-refractivity contribution in [1.29, 1.82) is 0 Å². The lowest BCUT2D eigenvalue weighted by molar-refractivity contribution is -0.0170. The molecule has 7 nitrogen and oxygen atoms in total. The zero-order valence-corrected chi connectivity index (χ0v) is 22.0. The Morgan fingerprint density at radius 3 is 2.56 bits per heavy atom. The fraction of sp³-hybridized carbons (Fsp3) is 0.483. The second-order valence-corrected chi connectivity index (χ2v) is 9.91. The van der Waals surface area contributed by atoms with Crippen LogP contribution in [0.2, 0.25) is 0 Å². The van der Waals surface area contributed by atoms with Crippen LogP contribution in [0.4, 0.5) is 0 Å². The van der Waals surface area contributed by atoms with E-state index in [4.69, 9.17) is 14.2 Å². The fourth-order valence-electron chi connectivity index (χ4n) is 4.80. The summed E-state index contributed by atoms with van der Waals surface area (Å²) >= 11 is 0. The zero-order chi connectivity index (χ0) is 25.5. The quantitative estimate of drug-likeness (QED) is 0.442. The van der Waals surface area contributed by atoms with E-state index < -0.39 is 5.60 Å². The summed E-state index contributed by atoms with van der Waals surface area (Å²) in [5, 5.41) is 11.3. The molecular formula is C29H39N3O4. The number of rotatable bonds is 10. The summed E-state index contributed by atoms with van der Waals surface area (Å²) < 4.78 is 19.7. The van der Waals surface area contributed by atoms with Crippen molar-refractivity contribution in [2.24, 2.45) is 0 Å². The Labute approximate surface area is 214 Å². The summed E-state index contributed by atoms with van der Waals surface area (Å²) in [6.45, 7) is 10.2. The van der Waals surface area contributed by atoms with Crippen molar-refractivity contribution in [2.45, 2.75) is 58.7 Å². The summed E-state index contributed by atoms with van der Waals surface area (Å²) in [7, 11) is 1.66. The molecule has 2 heterocycles. The van der Waals surface area contributed by atoms with E-state index in [1.807, 2.05) is 38.2 Å². The van der Waals surface area contributed by atoms with Crippen LogP contribution in [0.3, 0.4) is 0 Å². The predicted molar refractivity (Wildman–Crippen MR) is 141 cm³/mol. The number of aryl methyl sites for hydroxylation is 3. The van der Waals surface area contributed by atoms with Crippen LogP contribution in [0.1, 0.15) is 41.8 Å². The summed E-state index contributed by atoms with van der Waals surface area (Å²) in [6.07, 6.45) is 6.10. The lowest BCUT2D eigenvalue weighted by Crippen LogP contribution is -2.37. The van der Waals surface area contributed by atoms with Crippen molar-refractivity contribution in [2.75, 3.05) is 33.4 Å². The third-order valence-corrected chi connectivity index (χ3v) is 6.98. The van der Waals surface area contributed by atoms with E-state index in [9.17, 15) is 5.11 Å². The topological polar surface area (TPSA) is 69.0 Å². The molecule has 2 aromatic carbocycles. The molecular weight excluding hydrogens is 454 g/mol. The molecule has 0 aliphatic carbocycles. The first kappa shape index (κ1) is 26.0. The maximum atomic E-state index is 11.3. The smallest absolute Gasteiger partial charge is 0.161 e. The second kappa shape index (κ2) is 11.8. The number of imidazole rings is 1. The fourth-order valence-corrected chi connectivity index (χ4v) is 4.80. The van der Waals surface area contributed by atoms with E-state index in [0.717, 1.165) is 67.7 Å². The number of aliphatic hydroxyl groups is 1. The molecule has 0 bridgehead atoms. The Morgan fingerprint density at radius 1 is 0.972 bits per heavy atom. The van der Waals surface area contributed by atoms with Crippen molar-refractivity contribution in [1.82, 2.24) is 14.5 Å². The molecule has 0 amide bonds. The van der Waals surface area contributed by atoms with Gasteiger partial charge in [0.15, 0.2) is 11.5 Å². The van der Waals surface area contributed by atoms with Gasteiger partial charge in [0.1, 0.15) is 24.8 Å². The standard InChI is InChI=1S/C29H39N3O4/c1-22-6-8-26(23(2)18-22)36-21-29(33)10-5-13-31(14-11-29)20-25-7-9-27(34-4)28(19-25)35-17-16-32-15-12-30-24(32)3/h6-9,12,15,18-19,33H,5,10-11,13-14,16-17,20-21H2,1-4H3/t29-/m0/s1. The lowest BCUT2D eigenvalue weighted by Gasteiger charge is -2.27. The highest BCUT2D eigenvalue weighted by molar-refractivity contribution is 5.43. The lowest BCUT2D eigenvalue weighted by atomic mass is 9.96. The van der Waals surface area contributed by atoms with Crippen LogP contribution in [0.15, 0.2) is 48.8 Å². The predicted octanol–water partition coefficient (Wildman–Crippen LogP) is 4.69. The van der Waals surface area contributed by atoms with E-state index in [1.165, 1.54) is 11.1 Å². The van der Waals surface area contributed by atoms with Crippen LogP contribution >= 0.6 is 0 Å². The third kappa shape index (κ3) is 6.80. The van der Waals surface area contributed by atoms with Gasteiger partial charge in [-0.3, -0.25) is 4.90 Å². The average molecular weight is 494 g/mol. The van der Waals surface area contributed by atoms with Crippen molar-refractivity contribution < 1.29 is 19.3 Å². The highest BCUT2D eigenvalue weighted by atomic mass is 16.5. The molecule has 1 aliphatic heterocycles. The van der Waals surface area contributed by atoms with Crippen LogP contribution in [0, 0.1) is 20.8 Å². The van der Waals surface area contributed by atoms with Gasteiger partial charge < -0.3 is 23.9 Å². The maximum Gasteiger partial charge on any atom is 0.161 e. The van der Waals surface area contributed by atoms with E-state index in [2.05, 4.69) is 39.6 Å². The molecule has 4 rings (SSSR count). The Balaban J connectivity index is 1.32. The van der Waals surface area contributed by atoms with Crippen LogP contribution in [0.25, 0.3) is 0 Å². The van der Waals surface area contributed by atoms with E-state index >= 15 is 0 Å². The minimum absolute atomic E-state index is 0.321. The molecule has 1 fully saturated rings. The summed E-state index contributed by atoms with van der Waals surface area (Å²) in [4.78, 5) is 6.66. The minimum Gasteiger partial charge on any atom is -0.493 e. The van der Waals surface area contributed by atoms with E-state index in [0.29, 0.717) is 19.6 Å². The van der Waals surface area contributed by atoms with Gasteiger partial charge in [0.2, 0.25) is 0 Å². The van der Waals surface area contributed by atoms with Gasteiger partial charge in [0, 0.05) is 25.5 Å². The van der Waals surface area contributed by atoms with Gasteiger partial charge in [0.05, 0.1) is 19.3 Å². The molecule has 0 radical (unpaired) electrons. The van der Waals surface area contributed by atoms with Gasteiger partial charge in [0.25, 0.3) is 0 Å². The highest BCUT2D eigenvalue weighted by Crippen LogP contribution is 2.30. The number of likely N-dealkylation sites (tertiary alicyclic amines) is 1. The molecule has 1 N–H and O–H groups in total. The molecule has 36 heavy (non-hydrogen) atoms. The number of hydrogen-bond acceptors (Lipinski definition) is 6. The first-order valence-electron chi connectivity index (χ1n) is 12.8. The van der Waals surface area contributed by atoms with E-state index in [1.54, 1.807) is 13.3 Å². The molecule has 1 aliphatic rings. The molecule has 1 saturated heterocycles. The molecule has 0 unspecified atom stereocenters. The molecule has 0 saturated carbocycles. The maximum absolute atomic E-state index is 11.3. The number of aromatic nitrogens is 2. The summed E-state index contributed by atoms with van der Waals surface area (Å²) in [6, 6.07) is 12.3. The first-order chi connectivity index (χ1) is 17.3. The van der Waals surface area contributed by atoms with Gasteiger partial charge in [-0.05, 0) is 75.9 Å². The van der Waals surface area contributed by atoms with Gasteiger partial charge in [-0.1, -0.05) is 23.8 Å². The molecule has 7 heteroatoms. The van der Waals surface area contributed by atoms with Crippen molar-refractivity contribution in [3.63, 3.8) is 0 Å². The van der Waals surface area contributed by atoms with Crippen molar-refractivity contribution in [3.8, 4) is 17.2 Å². The Bertz CT molecular complexity index is 1150. The molecule has 3 aromatic rings. The van der Waals surface area contributed by atoms with Crippen molar-refractivity contribution >= 4 is 0 Å². The molecule has 1 atom stereocenters. The molecule has 1 aromatic heterocycles. The van der Waals surface area contributed by atoms with Crippen molar-refractivity contribution in [3.05, 3.63) is 71.3 Å². The zero-order valence-electron chi connectivity index (χ0n) is 22.0. The SMILES string of the molecule is COc1ccc(CN2CCC[C@@](O)(COc3ccc(C)cc3C)CC2)cc1OCCn1ccnc1C. The Hall–Kier alpha value is -3.03. The molecule has 0 spiro atoms. The number of nitrogens with zero attached hydrogens (tertiary/aromatic N) is 3. The van der Waals surface area contributed by atoms with E-state index in [-0.39, 0.29) is 0 Å². The van der Waals surface area contributed by atoms with Gasteiger partial charge in [-0.25, -0.2) is 4.98 Å². The summed E-state index contributed by atoms with van der Waals surface area (Å²) in [5.41, 5.74) is 2.67. The Morgan fingerprint density at radius 2 is 1.81 bits per heavy atom. The van der Waals surface area contributed by atoms with Crippen LogP contribution in [-0.2, 0) is 13.1 Å². The van der Waals surface area contributed by atoms with Crippen LogP contribution in [-0.4, -0.2) is 58.6 Å². The number of hydrogen-bond donors (Lipinski definition) is 1. The normalized spacial score (nSPS) is 18.6. The second-order valence-electron chi connectivity index (χ2n) is 9.91. The largest absolute Gasteiger partial charge is 0.493 e. The van der Waals surface area contributed by atoms with Gasteiger partial charge in [-0.15, -0.1) is 0 Å².